The molecule has 0 saturated carbocycles. The zero-order valence-electron chi connectivity index (χ0n) is 11.6. The lowest BCUT2D eigenvalue weighted by Crippen LogP contribution is -2.24. The van der Waals surface area contributed by atoms with Crippen LogP contribution in [-0.2, 0) is 10.0 Å². The van der Waals surface area contributed by atoms with Crippen molar-refractivity contribution in [2.24, 2.45) is 0 Å². The Morgan fingerprint density at radius 1 is 1.18 bits per heavy atom. The van der Waals surface area contributed by atoms with E-state index < -0.39 is 16.0 Å². The standard InChI is InChI=1S/C14H14N2O5S/c1-21-10-4-2-9(3-5-10)16-22(19,20)11-6-7-13(15)12(8-11)14(17)18/h2-8,16H,15H2,1H3,(H,17,18)/p-1. The fourth-order valence-corrected chi connectivity index (χ4v) is 2.84. The number of benzene rings is 2. The lowest BCUT2D eigenvalue weighted by molar-refractivity contribution is -0.254. The van der Waals surface area contributed by atoms with Crippen molar-refractivity contribution >= 4 is 27.4 Å². The van der Waals surface area contributed by atoms with E-state index in [2.05, 4.69) is 4.72 Å². The number of carbonyl (C=O) groups is 1. The fourth-order valence-electron chi connectivity index (χ4n) is 1.75. The van der Waals surface area contributed by atoms with Crippen LogP contribution in [0.2, 0.25) is 0 Å². The Balaban J connectivity index is 2.33. The Morgan fingerprint density at radius 3 is 2.36 bits per heavy atom. The quantitative estimate of drug-likeness (QED) is 0.771. The number of ether oxygens (including phenoxy) is 1. The number of carboxylic acids is 1. The normalized spacial score (nSPS) is 11.0. The minimum absolute atomic E-state index is 0.0663. The number of rotatable bonds is 5. The van der Waals surface area contributed by atoms with Gasteiger partial charge in [-0.25, -0.2) is 8.42 Å². The molecular formula is C14H13N2O5S-. The second-order valence-electron chi connectivity index (χ2n) is 4.37. The maximum Gasteiger partial charge on any atom is 0.261 e. The van der Waals surface area contributed by atoms with Crippen molar-refractivity contribution in [2.75, 3.05) is 17.6 Å². The number of methoxy groups -OCH3 is 1. The van der Waals surface area contributed by atoms with Gasteiger partial charge in [0.05, 0.1) is 18.0 Å². The summed E-state index contributed by atoms with van der Waals surface area (Å²) in [5.41, 5.74) is 5.34. The highest BCUT2D eigenvalue weighted by atomic mass is 32.2. The number of carbonyl (C=O) groups excluding carboxylic acids is 1. The van der Waals surface area contributed by atoms with Crippen molar-refractivity contribution < 1.29 is 23.1 Å². The smallest absolute Gasteiger partial charge is 0.261 e. The van der Waals surface area contributed by atoms with Gasteiger partial charge in [-0.2, -0.15) is 0 Å². The Bertz CT molecular complexity index is 800. The lowest BCUT2D eigenvalue weighted by Gasteiger charge is -2.12. The zero-order valence-corrected chi connectivity index (χ0v) is 12.4. The minimum Gasteiger partial charge on any atom is -0.545 e. The van der Waals surface area contributed by atoms with Gasteiger partial charge in [0.25, 0.3) is 10.0 Å². The van der Waals surface area contributed by atoms with Crippen molar-refractivity contribution in [1.29, 1.82) is 0 Å². The summed E-state index contributed by atoms with van der Waals surface area (Å²) in [6.07, 6.45) is 0. The van der Waals surface area contributed by atoms with Gasteiger partial charge in [-0.1, -0.05) is 0 Å². The van der Waals surface area contributed by atoms with Crippen LogP contribution >= 0.6 is 0 Å². The van der Waals surface area contributed by atoms with Crippen LogP contribution < -0.4 is 20.3 Å². The topological polar surface area (TPSA) is 122 Å². The first-order valence-corrected chi connectivity index (χ1v) is 7.59. The van der Waals surface area contributed by atoms with Crippen molar-refractivity contribution in [3.05, 3.63) is 48.0 Å². The first-order valence-electron chi connectivity index (χ1n) is 6.11. The molecule has 2 aromatic carbocycles. The van der Waals surface area contributed by atoms with Crippen LogP contribution in [-0.4, -0.2) is 21.5 Å². The Morgan fingerprint density at radius 2 is 1.82 bits per heavy atom. The second kappa shape index (κ2) is 5.94. The second-order valence-corrected chi connectivity index (χ2v) is 6.05. The molecule has 0 fully saturated rings. The van der Waals surface area contributed by atoms with Gasteiger partial charge < -0.3 is 20.4 Å². The molecule has 0 spiro atoms. The van der Waals surface area contributed by atoms with E-state index in [4.69, 9.17) is 10.5 Å². The average Bonchev–Trinajstić information content (AvgIpc) is 2.47. The van der Waals surface area contributed by atoms with Gasteiger partial charge in [0, 0.05) is 16.9 Å². The molecule has 0 aliphatic carbocycles. The monoisotopic (exact) mass is 321 g/mol. The van der Waals surface area contributed by atoms with E-state index in [9.17, 15) is 18.3 Å². The summed E-state index contributed by atoms with van der Waals surface area (Å²) in [5, 5.41) is 10.9. The van der Waals surface area contributed by atoms with Crippen molar-refractivity contribution in [3.63, 3.8) is 0 Å². The Labute approximate surface area is 127 Å². The van der Waals surface area contributed by atoms with Crippen LogP contribution in [0.3, 0.4) is 0 Å². The number of sulfonamides is 1. The van der Waals surface area contributed by atoms with Gasteiger partial charge in [-0.05, 0) is 42.5 Å². The highest BCUT2D eigenvalue weighted by Crippen LogP contribution is 2.22. The van der Waals surface area contributed by atoms with Gasteiger partial charge >= 0.3 is 0 Å². The van der Waals surface area contributed by atoms with Gasteiger partial charge in [0.2, 0.25) is 0 Å². The van der Waals surface area contributed by atoms with Gasteiger partial charge in [-0.15, -0.1) is 0 Å². The highest BCUT2D eigenvalue weighted by Gasteiger charge is 2.16. The molecular weight excluding hydrogens is 308 g/mol. The molecule has 116 valence electrons. The molecule has 0 bridgehead atoms. The molecule has 0 aliphatic rings. The van der Waals surface area contributed by atoms with Crippen LogP contribution in [0, 0.1) is 0 Å². The first-order chi connectivity index (χ1) is 10.3. The molecule has 0 aliphatic heterocycles. The van der Waals surface area contributed by atoms with Crippen molar-refractivity contribution in [1.82, 2.24) is 0 Å². The third-order valence-electron chi connectivity index (χ3n) is 2.90. The molecule has 2 rings (SSSR count). The molecule has 0 amide bonds. The van der Waals surface area contributed by atoms with E-state index in [1.807, 2.05) is 0 Å². The molecule has 3 N–H and O–H groups in total. The molecule has 0 heterocycles. The summed E-state index contributed by atoms with van der Waals surface area (Å²) in [5.74, 6) is -0.964. The first kappa shape index (κ1) is 15.6. The van der Waals surface area contributed by atoms with Crippen LogP contribution in [0.5, 0.6) is 5.75 Å². The van der Waals surface area contributed by atoms with Gasteiger partial charge in [-0.3, -0.25) is 4.72 Å². The van der Waals surface area contributed by atoms with Crippen LogP contribution in [0.25, 0.3) is 0 Å². The molecule has 0 atom stereocenters. The number of nitrogens with two attached hydrogens (primary N) is 1. The predicted molar refractivity (Wildman–Crippen MR) is 79.0 cm³/mol. The van der Waals surface area contributed by atoms with E-state index in [0.29, 0.717) is 11.4 Å². The summed E-state index contributed by atoms with van der Waals surface area (Å²) >= 11 is 0. The summed E-state index contributed by atoms with van der Waals surface area (Å²) in [6.45, 7) is 0. The third kappa shape index (κ3) is 3.29. The van der Waals surface area contributed by atoms with Crippen LogP contribution in [0.15, 0.2) is 47.4 Å². The molecule has 0 aromatic heterocycles. The fraction of sp³-hybridized carbons (Fsp3) is 0.0714. The molecule has 8 heteroatoms. The minimum atomic E-state index is -3.94. The summed E-state index contributed by atoms with van der Waals surface area (Å²) in [7, 11) is -2.45. The molecule has 22 heavy (non-hydrogen) atoms. The number of nitrogen functional groups attached to an aromatic ring is 1. The highest BCUT2D eigenvalue weighted by molar-refractivity contribution is 7.92. The number of hydrogen-bond acceptors (Lipinski definition) is 6. The van der Waals surface area contributed by atoms with Crippen molar-refractivity contribution in [2.45, 2.75) is 4.90 Å². The van der Waals surface area contributed by atoms with E-state index >= 15 is 0 Å². The maximum absolute atomic E-state index is 12.2. The Kier molecular flexibility index (Phi) is 4.22. The molecule has 2 aromatic rings. The van der Waals surface area contributed by atoms with Crippen LogP contribution in [0.1, 0.15) is 10.4 Å². The average molecular weight is 321 g/mol. The predicted octanol–water partition coefficient (Wildman–Crippen LogP) is 0.442. The number of carboxylic acid groups (broad SMARTS) is 1. The molecule has 0 saturated heterocycles. The number of anilines is 2. The molecule has 7 nitrogen and oxygen atoms in total. The number of hydrogen-bond donors (Lipinski definition) is 2. The SMILES string of the molecule is COc1ccc(NS(=O)(=O)c2ccc(N)c(C(=O)[O-])c2)cc1. The molecule has 0 unspecified atom stereocenters. The van der Waals surface area contributed by atoms with E-state index in [-0.39, 0.29) is 16.1 Å². The van der Waals surface area contributed by atoms with E-state index in [1.165, 1.54) is 31.4 Å². The van der Waals surface area contributed by atoms with Crippen LogP contribution in [0.4, 0.5) is 11.4 Å². The van der Waals surface area contributed by atoms with E-state index in [0.717, 1.165) is 6.07 Å². The summed E-state index contributed by atoms with van der Waals surface area (Å²) < 4.78 is 31.8. The summed E-state index contributed by atoms with van der Waals surface area (Å²) in [6, 6.07) is 9.60. The van der Waals surface area contributed by atoms with Crippen molar-refractivity contribution in [3.8, 4) is 5.75 Å². The number of nitrogens with one attached hydrogen (secondary N) is 1. The maximum atomic E-state index is 12.2. The van der Waals surface area contributed by atoms with Gasteiger partial charge in [0.15, 0.2) is 0 Å². The van der Waals surface area contributed by atoms with Gasteiger partial charge in [0.1, 0.15) is 5.75 Å². The Hall–Kier alpha value is -2.74. The third-order valence-corrected chi connectivity index (χ3v) is 4.28. The summed E-state index contributed by atoms with van der Waals surface area (Å²) in [4.78, 5) is 10.7. The zero-order chi connectivity index (χ0) is 16.3. The van der Waals surface area contributed by atoms with E-state index in [1.54, 1.807) is 12.1 Å². The molecule has 0 radical (unpaired) electrons. The lowest BCUT2D eigenvalue weighted by atomic mass is 10.2. The number of aromatic carboxylic acids is 1. The largest absolute Gasteiger partial charge is 0.545 e.